The van der Waals surface area contributed by atoms with Gasteiger partial charge in [0.2, 0.25) is 0 Å². The summed E-state index contributed by atoms with van der Waals surface area (Å²) >= 11 is 0. The molecular formula is C75H126O6. The average Bonchev–Trinajstić information content (AvgIpc) is 3.47. The van der Waals surface area contributed by atoms with Crippen LogP contribution in [-0.4, -0.2) is 37.2 Å². The Morgan fingerprint density at radius 1 is 0.259 bits per heavy atom. The van der Waals surface area contributed by atoms with Crippen molar-refractivity contribution >= 4 is 17.9 Å². The standard InChI is InChI=1S/C75H126O6/c1-4-7-10-13-16-19-22-24-26-28-30-32-34-36-37-39-40-42-44-46-48-50-53-56-59-62-65-68-74(77)80-71-72(70-79-73(76)67-64-61-58-55-52-21-18-15-12-9-6-3)81-75(78)69-66-63-60-57-54-51-49-47-45-43-41-38-35-33-31-29-27-25-23-20-17-14-11-8-5-2/h7,10,15-16,18-19,23-26,29-32,35-38,40,42,72H,4-6,8-9,11-14,17,20-22,27-28,33-34,39,41,43-71H2,1-3H3/b10-7-,18-15-,19-16-,25-23-,26-24-,31-29-,32-30-,37-36-,38-35-,42-40-. The van der Waals surface area contributed by atoms with Crippen LogP contribution in [0.2, 0.25) is 0 Å². The molecule has 0 bridgehead atoms. The zero-order valence-corrected chi connectivity index (χ0v) is 53.0. The second kappa shape index (κ2) is 68.3. The molecule has 0 N–H and O–H groups in total. The molecule has 0 aliphatic carbocycles. The zero-order valence-electron chi connectivity index (χ0n) is 53.0. The molecule has 0 spiro atoms. The van der Waals surface area contributed by atoms with E-state index in [1.807, 2.05) is 0 Å². The van der Waals surface area contributed by atoms with Crippen molar-refractivity contribution in [3.05, 3.63) is 122 Å². The van der Waals surface area contributed by atoms with Gasteiger partial charge in [-0.05, 0) is 128 Å². The average molecular weight is 1120 g/mol. The van der Waals surface area contributed by atoms with E-state index in [1.165, 1.54) is 154 Å². The van der Waals surface area contributed by atoms with Gasteiger partial charge in [-0.25, -0.2) is 0 Å². The molecule has 0 radical (unpaired) electrons. The van der Waals surface area contributed by atoms with Crippen molar-refractivity contribution < 1.29 is 28.6 Å². The van der Waals surface area contributed by atoms with Crippen LogP contribution in [0.1, 0.15) is 316 Å². The summed E-state index contributed by atoms with van der Waals surface area (Å²) in [5.74, 6) is -0.902. The molecule has 0 aliphatic heterocycles. The lowest BCUT2D eigenvalue weighted by Crippen LogP contribution is -2.30. The van der Waals surface area contributed by atoms with E-state index in [0.29, 0.717) is 19.3 Å². The molecule has 462 valence electrons. The first-order valence-corrected chi connectivity index (χ1v) is 34.0. The first kappa shape index (κ1) is 76.8. The van der Waals surface area contributed by atoms with E-state index in [0.717, 1.165) is 122 Å². The molecular weight excluding hydrogens is 997 g/mol. The number of hydrogen-bond donors (Lipinski definition) is 0. The number of unbranched alkanes of at least 4 members (excludes halogenated alkanes) is 30. The van der Waals surface area contributed by atoms with Gasteiger partial charge in [0.15, 0.2) is 6.10 Å². The van der Waals surface area contributed by atoms with Crippen molar-refractivity contribution in [2.75, 3.05) is 13.2 Å². The van der Waals surface area contributed by atoms with Gasteiger partial charge in [-0.15, -0.1) is 0 Å². The second-order valence-electron chi connectivity index (χ2n) is 22.3. The van der Waals surface area contributed by atoms with Crippen LogP contribution in [0.4, 0.5) is 0 Å². The maximum Gasteiger partial charge on any atom is 0.306 e. The maximum atomic E-state index is 12.9. The summed E-state index contributed by atoms with van der Waals surface area (Å²) < 4.78 is 16.9. The van der Waals surface area contributed by atoms with Gasteiger partial charge < -0.3 is 14.2 Å². The number of ether oxygens (including phenoxy) is 3. The van der Waals surface area contributed by atoms with Crippen molar-refractivity contribution in [2.24, 2.45) is 0 Å². The summed E-state index contributed by atoms with van der Waals surface area (Å²) in [6.07, 6.45) is 95.0. The number of hydrogen-bond acceptors (Lipinski definition) is 6. The summed E-state index contributed by atoms with van der Waals surface area (Å²) in [4.78, 5) is 38.3. The molecule has 0 aromatic heterocycles. The Bertz CT molecular complexity index is 1670. The molecule has 0 saturated heterocycles. The fourth-order valence-corrected chi connectivity index (χ4v) is 9.32. The highest BCUT2D eigenvalue weighted by atomic mass is 16.6. The molecule has 0 fully saturated rings. The van der Waals surface area contributed by atoms with Crippen molar-refractivity contribution in [2.45, 2.75) is 322 Å². The highest BCUT2D eigenvalue weighted by Crippen LogP contribution is 2.16. The fourth-order valence-electron chi connectivity index (χ4n) is 9.32. The van der Waals surface area contributed by atoms with Gasteiger partial charge in [0, 0.05) is 19.3 Å². The van der Waals surface area contributed by atoms with Gasteiger partial charge >= 0.3 is 17.9 Å². The van der Waals surface area contributed by atoms with Gasteiger partial charge in [0.05, 0.1) is 0 Å². The molecule has 0 amide bonds. The van der Waals surface area contributed by atoms with E-state index >= 15 is 0 Å². The Morgan fingerprint density at radius 2 is 0.494 bits per heavy atom. The Kier molecular flexibility index (Phi) is 64.8. The summed E-state index contributed by atoms with van der Waals surface area (Å²) in [5.41, 5.74) is 0. The molecule has 0 aromatic rings. The zero-order chi connectivity index (χ0) is 58.5. The molecule has 0 aromatic carbocycles. The van der Waals surface area contributed by atoms with E-state index in [9.17, 15) is 14.4 Å². The molecule has 6 nitrogen and oxygen atoms in total. The van der Waals surface area contributed by atoms with Gasteiger partial charge in [0.25, 0.3) is 0 Å². The molecule has 0 rings (SSSR count). The predicted molar refractivity (Wildman–Crippen MR) is 353 cm³/mol. The summed E-state index contributed by atoms with van der Waals surface area (Å²) in [6.45, 7) is 6.48. The molecule has 6 heteroatoms. The van der Waals surface area contributed by atoms with Gasteiger partial charge in [-0.3, -0.25) is 14.4 Å². The smallest absolute Gasteiger partial charge is 0.306 e. The largest absolute Gasteiger partial charge is 0.462 e. The number of allylic oxidation sites excluding steroid dienone is 20. The van der Waals surface area contributed by atoms with Crippen LogP contribution in [-0.2, 0) is 28.6 Å². The van der Waals surface area contributed by atoms with Gasteiger partial charge in [0.1, 0.15) is 13.2 Å². The van der Waals surface area contributed by atoms with Crippen molar-refractivity contribution in [1.82, 2.24) is 0 Å². The third kappa shape index (κ3) is 66.5. The normalized spacial score (nSPS) is 12.9. The van der Waals surface area contributed by atoms with Crippen LogP contribution in [0.15, 0.2) is 122 Å². The minimum Gasteiger partial charge on any atom is -0.462 e. The SMILES string of the molecule is CC/C=C\C/C=C\C/C=C\C/C=C\C/C=C\C/C=C\CCCCCCCCCCC(=O)OCC(COC(=O)CCCCCCC/C=C\CCCC)OC(=O)CCCCCCCCCCCC/C=C\C/C=C\C/C=C\CCCCCCC. The van der Waals surface area contributed by atoms with E-state index < -0.39 is 6.10 Å². The van der Waals surface area contributed by atoms with Crippen LogP contribution in [0.25, 0.3) is 0 Å². The third-order valence-corrected chi connectivity index (χ3v) is 14.4. The number of carbonyl (C=O) groups is 3. The Hall–Kier alpha value is -4.19. The number of esters is 3. The number of carbonyl (C=O) groups excluding carboxylic acids is 3. The lowest BCUT2D eigenvalue weighted by Gasteiger charge is -2.18. The Morgan fingerprint density at radius 3 is 0.802 bits per heavy atom. The molecule has 1 unspecified atom stereocenters. The molecule has 0 saturated carbocycles. The first-order chi connectivity index (χ1) is 40.0. The molecule has 0 aliphatic rings. The summed E-state index contributed by atoms with van der Waals surface area (Å²) in [6, 6.07) is 0. The Balaban J connectivity index is 4.30. The molecule has 1 atom stereocenters. The van der Waals surface area contributed by atoms with Gasteiger partial charge in [-0.1, -0.05) is 290 Å². The van der Waals surface area contributed by atoms with Crippen LogP contribution >= 0.6 is 0 Å². The van der Waals surface area contributed by atoms with Crippen molar-refractivity contribution in [1.29, 1.82) is 0 Å². The third-order valence-electron chi connectivity index (χ3n) is 14.4. The van der Waals surface area contributed by atoms with Crippen molar-refractivity contribution in [3.8, 4) is 0 Å². The van der Waals surface area contributed by atoms with Crippen LogP contribution in [0.5, 0.6) is 0 Å². The second-order valence-corrected chi connectivity index (χ2v) is 22.3. The maximum absolute atomic E-state index is 12.9. The van der Waals surface area contributed by atoms with E-state index in [2.05, 4.69) is 142 Å². The van der Waals surface area contributed by atoms with Crippen LogP contribution in [0, 0.1) is 0 Å². The van der Waals surface area contributed by atoms with Gasteiger partial charge in [-0.2, -0.15) is 0 Å². The quantitative estimate of drug-likeness (QED) is 0.0261. The Labute approximate surface area is 501 Å². The highest BCUT2D eigenvalue weighted by Gasteiger charge is 2.19. The van der Waals surface area contributed by atoms with E-state index in [1.54, 1.807) is 0 Å². The number of rotatable bonds is 61. The minimum atomic E-state index is -0.791. The lowest BCUT2D eigenvalue weighted by atomic mass is 10.0. The lowest BCUT2D eigenvalue weighted by molar-refractivity contribution is -0.167. The molecule has 0 heterocycles. The first-order valence-electron chi connectivity index (χ1n) is 34.0. The van der Waals surface area contributed by atoms with E-state index in [4.69, 9.17) is 14.2 Å². The summed E-state index contributed by atoms with van der Waals surface area (Å²) in [7, 11) is 0. The fraction of sp³-hybridized carbons (Fsp3) is 0.693. The molecule has 81 heavy (non-hydrogen) atoms. The highest BCUT2D eigenvalue weighted by molar-refractivity contribution is 5.71. The van der Waals surface area contributed by atoms with Crippen molar-refractivity contribution in [3.63, 3.8) is 0 Å². The van der Waals surface area contributed by atoms with Crippen LogP contribution in [0.3, 0.4) is 0 Å². The van der Waals surface area contributed by atoms with Crippen LogP contribution < -0.4 is 0 Å². The van der Waals surface area contributed by atoms with E-state index in [-0.39, 0.29) is 31.1 Å². The predicted octanol–water partition coefficient (Wildman–Crippen LogP) is 23.6. The summed E-state index contributed by atoms with van der Waals surface area (Å²) in [5, 5.41) is 0. The minimum absolute atomic E-state index is 0.0877. The monoisotopic (exact) mass is 1120 g/mol. The topological polar surface area (TPSA) is 78.9 Å².